The third-order valence-electron chi connectivity index (χ3n) is 4.95. The minimum absolute atomic E-state index is 0.00496. The molecule has 0 spiro atoms. The van der Waals surface area contributed by atoms with Crippen molar-refractivity contribution in [1.29, 1.82) is 0 Å². The molecule has 0 aromatic heterocycles. The lowest BCUT2D eigenvalue weighted by atomic mass is 9.64. The average Bonchev–Trinajstić information content (AvgIpc) is 2.61. The summed E-state index contributed by atoms with van der Waals surface area (Å²) in [5, 5.41) is 5.68. The SMILES string of the molecule is CC(=O)N/C(=C\c1ccccc1)C(=O)NCC1(c2ccccc2)CCC1. The average molecular weight is 348 g/mol. The number of hydrogen-bond donors (Lipinski definition) is 2. The molecule has 1 fully saturated rings. The van der Waals surface area contributed by atoms with E-state index in [0.717, 1.165) is 18.4 Å². The van der Waals surface area contributed by atoms with Gasteiger partial charge in [-0.25, -0.2) is 0 Å². The van der Waals surface area contributed by atoms with E-state index >= 15 is 0 Å². The predicted octanol–water partition coefficient (Wildman–Crippen LogP) is 3.40. The fraction of sp³-hybridized carbons (Fsp3) is 0.273. The first kappa shape index (κ1) is 17.9. The lowest BCUT2D eigenvalue weighted by Crippen LogP contribution is -2.47. The van der Waals surface area contributed by atoms with Crippen LogP contribution in [-0.4, -0.2) is 18.4 Å². The van der Waals surface area contributed by atoms with E-state index in [1.54, 1.807) is 6.08 Å². The van der Waals surface area contributed by atoms with Gasteiger partial charge in [0.15, 0.2) is 0 Å². The highest BCUT2D eigenvalue weighted by Gasteiger charge is 2.38. The monoisotopic (exact) mass is 348 g/mol. The highest BCUT2D eigenvalue weighted by molar-refractivity contribution is 6.00. The summed E-state index contributed by atoms with van der Waals surface area (Å²) in [6, 6.07) is 19.8. The summed E-state index contributed by atoms with van der Waals surface area (Å²) in [6.45, 7) is 1.98. The van der Waals surface area contributed by atoms with E-state index in [9.17, 15) is 9.59 Å². The Morgan fingerprint density at radius 3 is 2.15 bits per heavy atom. The molecule has 0 saturated heterocycles. The van der Waals surface area contributed by atoms with Gasteiger partial charge in [-0.15, -0.1) is 0 Å². The van der Waals surface area contributed by atoms with E-state index in [1.165, 1.54) is 18.9 Å². The lowest BCUT2D eigenvalue weighted by Gasteiger charge is -2.42. The van der Waals surface area contributed by atoms with E-state index in [1.807, 2.05) is 48.5 Å². The van der Waals surface area contributed by atoms with Crippen molar-refractivity contribution in [2.45, 2.75) is 31.6 Å². The van der Waals surface area contributed by atoms with Crippen LogP contribution in [0.1, 0.15) is 37.3 Å². The van der Waals surface area contributed by atoms with Gasteiger partial charge in [0.1, 0.15) is 5.70 Å². The number of benzene rings is 2. The van der Waals surface area contributed by atoms with Crippen LogP contribution >= 0.6 is 0 Å². The van der Waals surface area contributed by atoms with Crippen LogP contribution in [0.5, 0.6) is 0 Å². The van der Waals surface area contributed by atoms with E-state index in [2.05, 4.69) is 22.8 Å². The van der Waals surface area contributed by atoms with Gasteiger partial charge in [-0.2, -0.15) is 0 Å². The number of carbonyl (C=O) groups is 2. The quantitative estimate of drug-likeness (QED) is 0.786. The van der Waals surface area contributed by atoms with Crippen molar-refractivity contribution in [2.24, 2.45) is 0 Å². The molecule has 0 unspecified atom stereocenters. The molecule has 134 valence electrons. The summed E-state index contributed by atoms with van der Waals surface area (Å²) in [6.07, 6.45) is 5.00. The first-order valence-corrected chi connectivity index (χ1v) is 8.97. The van der Waals surface area contributed by atoms with Crippen LogP contribution in [0.25, 0.3) is 6.08 Å². The van der Waals surface area contributed by atoms with Crippen molar-refractivity contribution in [3.63, 3.8) is 0 Å². The van der Waals surface area contributed by atoms with Gasteiger partial charge in [0.2, 0.25) is 5.91 Å². The van der Waals surface area contributed by atoms with Crippen LogP contribution in [0.3, 0.4) is 0 Å². The molecule has 2 aromatic carbocycles. The van der Waals surface area contributed by atoms with E-state index in [-0.39, 0.29) is 22.9 Å². The van der Waals surface area contributed by atoms with Gasteiger partial charge in [0.25, 0.3) is 5.91 Å². The molecular weight excluding hydrogens is 324 g/mol. The molecule has 0 aliphatic heterocycles. The summed E-state index contributed by atoms with van der Waals surface area (Å²) >= 11 is 0. The summed E-state index contributed by atoms with van der Waals surface area (Å²) in [7, 11) is 0. The zero-order valence-electron chi connectivity index (χ0n) is 15.0. The summed E-state index contributed by atoms with van der Waals surface area (Å²) in [5.74, 6) is -0.519. The molecule has 1 aliphatic carbocycles. The maximum absolute atomic E-state index is 12.7. The van der Waals surface area contributed by atoms with Gasteiger partial charge >= 0.3 is 0 Å². The molecule has 0 bridgehead atoms. The minimum Gasteiger partial charge on any atom is -0.350 e. The van der Waals surface area contributed by atoms with Crippen LogP contribution in [0, 0.1) is 0 Å². The van der Waals surface area contributed by atoms with Crippen molar-refractivity contribution in [1.82, 2.24) is 10.6 Å². The molecule has 0 radical (unpaired) electrons. The molecule has 26 heavy (non-hydrogen) atoms. The Balaban J connectivity index is 1.74. The van der Waals surface area contributed by atoms with E-state index in [4.69, 9.17) is 0 Å². The molecule has 1 aliphatic rings. The topological polar surface area (TPSA) is 58.2 Å². The van der Waals surface area contributed by atoms with Crippen LogP contribution in [0.15, 0.2) is 66.4 Å². The Labute approximate surface area is 154 Å². The first-order chi connectivity index (χ1) is 12.6. The molecule has 4 heteroatoms. The molecule has 0 heterocycles. The second kappa shape index (κ2) is 8.00. The van der Waals surface area contributed by atoms with Gasteiger partial charge in [0.05, 0.1) is 0 Å². The zero-order valence-corrected chi connectivity index (χ0v) is 15.0. The maximum atomic E-state index is 12.7. The largest absolute Gasteiger partial charge is 0.350 e. The van der Waals surface area contributed by atoms with Crippen LogP contribution < -0.4 is 10.6 Å². The number of rotatable bonds is 6. The van der Waals surface area contributed by atoms with Crippen molar-refractivity contribution in [3.8, 4) is 0 Å². The van der Waals surface area contributed by atoms with Crippen molar-refractivity contribution < 1.29 is 9.59 Å². The van der Waals surface area contributed by atoms with Crippen LogP contribution in [0.2, 0.25) is 0 Å². The maximum Gasteiger partial charge on any atom is 0.267 e. The number of carbonyl (C=O) groups excluding carboxylic acids is 2. The summed E-state index contributed by atoms with van der Waals surface area (Å²) < 4.78 is 0. The summed E-state index contributed by atoms with van der Waals surface area (Å²) in [4.78, 5) is 24.2. The fourth-order valence-electron chi connectivity index (χ4n) is 3.37. The number of nitrogens with one attached hydrogen (secondary N) is 2. The molecule has 2 aromatic rings. The molecular formula is C22H24N2O2. The third-order valence-corrected chi connectivity index (χ3v) is 4.95. The van der Waals surface area contributed by atoms with E-state index in [0.29, 0.717) is 6.54 Å². The molecule has 3 rings (SSSR count). The van der Waals surface area contributed by atoms with Crippen molar-refractivity contribution in [3.05, 3.63) is 77.5 Å². The Morgan fingerprint density at radius 1 is 1.00 bits per heavy atom. The summed E-state index contributed by atoms with van der Waals surface area (Å²) in [5.41, 5.74) is 2.41. The standard InChI is InChI=1S/C22H24N2O2/c1-17(25)24-20(15-18-9-4-2-5-10-18)21(26)23-16-22(13-8-14-22)19-11-6-3-7-12-19/h2-7,9-12,15H,8,13-14,16H2,1H3,(H,23,26)(H,24,25)/b20-15-. The molecule has 2 amide bonds. The van der Waals surface area contributed by atoms with Gasteiger partial charge in [-0.3, -0.25) is 9.59 Å². The van der Waals surface area contributed by atoms with Crippen molar-refractivity contribution >= 4 is 17.9 Å². The van der Waals surface area contributed by atoms with Gasteiger partial charge in [-0.1, -0.05) is 67.1 Å². The molecule has 4 nitrogen and oxygen atoms in total. The Kier molecular flexibility index (Phi) is 5.52. The van der Waals surface area contributed by atoms with Crippen LogP contribution in [0.4, 0.5) is 0 Å². The van der Waals surface area contributed by atoms with E-state index < -0.39 is 0 Å². The lowest BCUT2D eigenvalue weighted by molar-refractivity contribution is -0.122. The molecule has 2 N–H and O–H groups in total. The molecule has 1 saturated carbocycles. The van der Waals surface area contributed by atoms with Gasteiger partial charge < -0.3 is 10.6 Å². The van der Waals surface area contributed by atoms with Crippen LogP contribution in [-0.2, 0) is 15.0 Å². The predicted molar refractivity (Wildman–Crippen MR) is 103 cm³/mol. The Morgan fingerprint density at radius 2 is 1.62 bits per heavy atom. The highest BCUT2D eigenvalue weighted by atomic mass is 16.2. The number of amides is 2. The van der Waals surface area contributed by atoms with Gasteiger partial charge in [-0.05, 0) is 30.0 Å². The molecule has 0 atom stereocenters. The second-order valence-electron chi connectivity index (χ2n) is 6.83. The van der Waals surface area contributed by atoms with Crippen molar-refractivity contribution in [2.75, 3.05) is 6.54 Å². The van der Waals surface area contributed by atoms with Gasteiger partial charge in [0, 0.05) is 18.9 Å². The highest BCUT2D eigenvalue weighted by Crippen LogP contribution is 2.43. The first-order valence-electron chi connectivity index (χ1n) is 8.97. The normalized spacial score (nSPS) is 15.7. The number of hydrogen-bond acceptors (Lipinski definition) is 2. The Bertz CT molecular complexity index is 793. The smallest absolute Gasteiger partial charge is 0.267 e. The second-order valence-corrected chi connectivity index (χ2v) is 6.83. The zero-order chi connectivity index (χ0) is 18.4. The minimum atomic E-state index is -0.260. The fourth-order valence-corrected chi connectivity index (χ4v) is 3.37. The third kappa shape index (κ3) is 4.20. The Hall–Kier alpha value is -2.88.